The minimum absolute atomic E-state index is 0.145. The number of ether oxygens (including phenoxy) is 1. The molecule has 1 unspecified atom stereocenters. The Bertz CT molecular complexity index is 564. The van der Waals surface area contributed by atoms with Crippen LogP contribution < -0.4 is 4.74 Å². The van der Waals surface area contributed by atoms with Gasteiger partial charge in [0.2, 0.25) is 0 Å². The van der Waals surface area contributed by atoms with Crippen molar-refractivity contribution in [2.45, 2.75) is 19.4 Å². The highest BCUT2D eigenvalue weighted by Gasteiger charge is 2.07. The zero-order chi connectivity index (χ0) is 14.5. The van der Waals surface area contributed by atoms with E-state index in [0.717, 1.165) is 21.3 Å². The number of rotatable bonds is 5. The largest absolute Gasteiger partial charge is 0.456 e. The van der Waals surface area contributed by atoms with Crippen molar-refractivity contribution in [2.24, 2.45) is 0 Å². The second kappa shape index (κ2) is 6.88. The summed E-state index contributed by atoms with van der Waals surface area (Å²) in [6, 6.07) is 13.1. The van der Waals surface area contributed by atoms with Gasteiger partial charge in [0.15, 0.2) is 0 Å². The fourth-order valence-electron chi connectivity index (χ4n) is 1.84. The van der Waals surface area contributed by atoms with E-state index in [2.05, 4.69) is 15.9 Å². The molecule has 0 saturated carbocycles. The smallest absolute Gasteiger partial charge is 0.141 e. The summed E-state index contributed by atoms with van der Waals surface area (Å²) in [7, 11) is 0. The molecule has 0 saturated heterocycles. The number of benzene rings is 2. The third-order valence-electron chi connectivity index (χ3n) is 2.99. The summed E-state index contributed by atoms with van der Waals surface area (Å²) in [6.07, 6.45) is 0.144. The Hall–Kier alpha value is -1.36. The highest BCUT2D eigenvalue weighted by atomic mass is 79.9. The maximum absolute atomic E-state index is 9.53. The van der Waals surface area contributed by atoms with Crippen LogP contribution in [0, 0.1) is 0 Å². The third-order valence-corrected chi connectivity index (χ3v) is 3.61. The van der Waals surface area contributed by atoms with Crippen LogP contribution in [0.1, 0.15) is 24.2 Å². The zero-order valence-corrected chi connectivity index (χ0v) is 12.8. The molecule has 2 N–H and O–H groups in total. The minimum Gasteiger partial charge on any atom is -0.456 e. The van der Waals surface area contributed by atoms with E-state index in [0.29, 0.717) is 12.2 Å². The second-order valence-electron chi connectivity index (χ2n) is 4.59. The summed E-state index contributed by atoms with van der Waals surface area (Å²) in [6.45, 7) is 1.87. The van der Waals surface area contributed by atoms with Gasteiger partial charge in [0, 0.05) is 6.61 Å². The summed E-state index contributed by atoms with van der Waals surface area (Å²) < 4.78 is 6.59. The number of hydrogen-bond acceptors (Lipinski definition) is 3. The molecule has 0 fully saturated rings. The van der Waals surface area contributed by atoms with Crippen LogP contribution in [0.25, 0.3) is 0 Å². The van der Waals surface area contributed by atoms with E-state index in [1.54, 1.807) is 6.92 Å². The van der Waals surface area contributed by atoms with E-state index in [1.165, 1.54) is 0 Å². The highest BCUT2D eigenvalue weighted by molar-refractivity contribution is 9.10. The maximum Gasteiger partial charge on any atom is 0.141 e. The molecule has 0 amide bonds. The Balaban J connectivity index is 2.13. The van der Waals surface area contributed by atoms with Crippen molar-refractivity contribution in [1.29, 1.82) is 0 Å². The lowest BCUT2D eigenvalue weighted by Gasteiger charge is -2.11. The summed E-state index contributed by atoms with van der Waals surface area (Å²) in [4.78, 5) is 0. The Morgan fingerprint density at radius 1 is 1.15 bits per heavy atom. The normalized spacial score (nSPS) is 12.2. The molecule has 4 heteroatoms. The van der Waals surface area contributed by atoms with Gasteiger partial charge in [-0.1, -0.05) is 18.2 Å². The molecule has 0 aliphatic rings. The van der Waals surface area contributed by atoms with Gasteiger partial charge in [0.25, 0.3) is 0 Å². The first-order valence-electron chi connectivity index (χ1n) is 6.45. The SMILES string of the molecule is CC(O)c1ccc(Oc2ccc(CCO)cc2)c(Br)c1. The molecule has 3 nitrogen and oxygen atoms in total. The maximum atomic E-state index is 9.53. The lowest BCUT2D eigenvalue weighted by molar-refractivity contribution is 0.199. The van der Waals surface area contributed by atoms with Crippen LogP contribution in [0.5, 0.6) is 11.5 Å². The quantitative estimate of drug-likeness (QED) is 0.872. The van der Waals surface area contributed by atoms with E-state index in [-0.39, 0.29) is 6.61 Å². The Morgan fingerprint density at radius 3 is 2.40 bits per heavy atom. The van der Waals surface area contributed by atoms with Crippen molar-refractivity contribution in [2.75, 3.05) is 6.61 Å². The monoisotopic (exact) mass is 336 g/mol. The van der Waals surface area contributed by atoms with Crippen molar-refractivity contribution < 1.29 is 14.9 Å². The molecule has 1 atom stereocenters. The molecule has 2 aromatic rings. The van der Waals surface area contributed by atoms with Crippen LogP contribution in [0.2, 0.25) is 0 Å². The standard InChI is InChI=1S/C16H17BrO3/c1-11(19)13-4-7-16(15(17)10-13)20-14-5-2-12(3-6-14)8-9-18/h2-7,10-11,18-19H,8-9H2,1H3. The molecule has 2 rings (SSSR count). The summed E-state index contributed by atoms with van der Waals surface area (Å²) in [5.41, 5.74) is 1.91. The first-order valence-corrected chi connectivity index (χ1v) is 7.24. The van der Waals surface area contributed by atoms with Crippen LogP contribution in [0.15, 0.2) is 46.9 Å². The lowest BCUT2D eigenvalue weighted by Crippen LogP contribution is -1.93. The summed E-state index contributed by atoms with van der Waals surface area (Å²) >= 11 is 3.44. The Labute approximate surface area is 127 Å². The summed E-state index contributed by atoms with van der Waals surface area (Å²) in [5, 5.41) is 18.4. The molecule has 0 spiro atoms. The van der Waals surface area contributed by atoms with Gasteiger partial charge in [-0.2, -0.15) is 0 Å². The minimum atomic E-state index is -0.502. The topological polar surface area (TPSA) is 49.7 Å². The van der Waals surface area contributed by atoms with Gasteiger partial charge < -0.3 is 14.9 Å². The number of aliphatic hydroxyl groups excluding tert-OH is 2. The van der Waals surface area contributed by atoms with Gasteiger partial charge in [-0.3, -0.25) is 0 Å². The van der Waals surface area contributed by atoms with E-state index in [1.807, 2.05) is 42.5 Å². The van der Waals surface area contributed by atoms with Crippen LogP contribution in [-0.4, -0.2) is 16.8 Å². The summed E-state index contributed by atoms with van der Waals surface area (Å²) in [5.74, 6) is 1.43. The van der Waals surface area contributed by atoms with E-state index >= 15 is 0 Å². The Morgan fingerprint density at radius 2 is 1.85 bits per heavy atom. The van der Waals surface area contributed by atoms with Gasteiger partial charge in [-0.25, -0.2) is 0 Å². The molecular formula is C16H17BrO3. The van der Waals surface area contributed by atoms with Crippen LogP contribution in [0.3, 0.4) is 0 Å². The average Bonchev–Trinajstić information content (AvgIpc) is 2.43. The van der Waals surface area contributed by atoms with Gasteiger partial charge >= 0.3 is 0 Å². The molecular weight excluding hydrogens is 320 g/mol. The number of halogens is 1. The van der Waals surface area contributed by atoms with Gasteiger partial charge in [0.05, 0.1) is 10.6 Å². The molecule has 0 aromatic heterocycles. The zero-order valence-electron chi connectivity index (χ0n) is 11.2. The third kappa shape index (κ3) is 3.82. The van der Waals surface area contributed by atoms with Crippen molar-refractivity contribution >= 4 is 15.9 Å². The first kappa shape index (κ1) is 15.0. The van der Waals surface area contributed by atoms with Gasteiger partial charge in [0.1, 0.15) is 11.5 Å². The fraction of sp³-hybridized carbons (Fsp3) is 0.250. The van der Waals surface area contributed by atoms with E-state index in [9.17, 15) is 5.11 Å². The van der Waals surface area contributed by atoms with Crippen LogP contribution in [0.4, 0.5) is 0 Å². The second-order valence-corrected chi connectivity index (χ2v) is 5.44. The Kier molecular flexibility index (Phi) is 5.17. The van der Waals surface area contributed by atoms with Crippen LogP contribution in [-0.2, 0) is 6.42 Å². The molecule has 2 aromatic carbocycles. The van der Waals surface area contributed by atoms with Gasteiger partial charge in [-0.15, -0.1) is 0 Å². The average molecular weight is 337 g/mol. The van der Waals surface area contributed by atoms with Crippen molar-refractivity contribution in [3.63, 3.8) is 0 Å². The molecule has 0 heterocycles. The fourth-order valence-corrected chi connectivity index (χ4v) is 2.32. The van der Waals surface area contributed by atoms with E-state index in [4.69, 9.17) is 9.84 Å². The van der Waals surface area contributed by atoms with Crippen molar-refractivity contribution in [3.8, 4) is 11.5 Å². The predicted molar refractivity (Wildman–Crippen MR) is 82.1 cm³/mol. The van der Waals surface area contributed by atoms with Crippen molar-refractivity contribution in [3.05, 3.63) is 58.1 Å². The predicted octanol–water partition coefficient (Wildman–Crippen LogP) is 3.83. The van der Waals surface area contributed by atoms with Gasteiger partial charge in [-0.05, 0) is 64.7 Å². The molecule has 0 aliphatic heterocycles. The molecule has 106 valence electrons. The first-order chi connectivity index (χ1) is 9.60. The van der Waals surface area contributed by atoms with Crippen molar-refractivity contribution in [1.82, 2.24) is 0 Å². The molecule has 0 bridgehead atoms. The molecule has 0 radical (unpaired) electrons. The molecule has 20 heavy (non-hydrogen) atoms. The molecule has 0 aliphatic carbocycles. The van der Waals surface area contributed by atoms with Crippen LogP contribution >= 0.6 is 15.9 Å². The van der Waals surface area contributed by atoms with E-state index < -0.39 is 6.10 Å². The highest BCUT2D eigenvalue weighted by Crippen LogP contribution is 2.32. The number of hydrogen-bond donors (Lipinski definition) is 2. The number of aliphatic hydroxyl groups is 2. The lowest BCUT2D eigenvalue weighted by atomic mass is 10.1.